The molecule has 3 rings (SSSR count). The van der Waals surface area contributed by atoms with Crippen LogP contribution in [0.3, 0.4) is 0 Å². The van der Waals surface area contributed by atoms with Crippen LogP contribution in [0, 0.1) is 0 Å². The lowest BCUT2D eigenvalue weighted by molar-refractivity contribution is 0.0443. The van der Waals surface area contributed by atoms with Crippen LogP contribution in [0.2, 0.25) is 10.0 Å². The largest absolute Gasteiger partial charge is 0.493 e. The molecule has 0 saturated carbocycles. The summed E-state index contributed by atoms with van der Waals surface area (Å²) >= 11 is 11.4. The van der Waals surface area contributed by atoms with Gasteiger partial charge in [0.2, 0.25) is 11.8 Å². The molecule has 0 spiro atoms. The molecule has 0 aliphatic carbocycles. The molecule has 10 heteroatoms. The average Bonchev–Trinajstić information content (AvgIpc) is 2.88. The maximum absolute atomic E-state index is 11.6. The van der Waals surface area contributed by atoms with Gasteiger partial charge in [0.05, 0.1) is 22.4 Å². The Bertz CT molecular complexity index is 890. The first kappa shape index (κ1) is 15.2. The Hall–Kier alpha value is -2.71. The fraction of sp³-hybridized carbons (Fsp3) is 0. The van der Waals surface area contributed by atoms with Crippen molar-refractivity contribution < 1.29 is 34.4 Å². The third-order valence-electron chi connectivity index (χ3n) is 3.24. The molecule has 1 aromatic carbocycles. The van der Waals surface area contributed by atoms with Gasteiger partial charge in [0.1, 0.15) is 10.0 Å². The van der Waals surface area contributed by atoms with Gasteiger partial charge in [0.15, 0.2) is 0 Å². The number of nitrogens with zero attached hydrogens (tertiary/aromatic N) is 1. The maximum atomic E-state index is 11.6. The number of cyclic esters (lactones) is 2. The topological polar surface area (TPSA) is 126 Å². The van der Waals surface area contributed by atoms with Crippen molar-refractivity contribution in [1.82, 2.24) is 4.57 Å². The molecule has 118 valence electrons. The number of hydrogen-bond donors (Lipinski definition) is 3. The SMILES string of the molecule is O=C1OC(=O)c2cc(-n3c(O)c(Cl)c(Cl)c3O)c(C(=O)O)cc21. The number of esters is 2. The zero-order valence-corrected chi connectivity index (χ0v) is 12.3. The fourth-order valence-electron chi connectivity index (χ4n) is 2.20. The number of ether oxygens (including phenoxy) is 1. The minimum absolute atomic E-state index is 0.213. The molecule has 23 heavy (non-hydrogen) atoms. The monoisotopic (exact) mass is 357 g/mol. The van der Waals surface area contributed by atoms with Crippen molar-refractivity contribution in [3.8, 4) is 17.4 Å². The molecule has 8 nitrogen and oxygen atoms in total. The van der Waals surface area contributed by atoms with Crippen LogP contribution in [-0.2, 0) is 4.74 Å². The second-order valence-electron chi connectivity index (χ2n) is 4.51. The number of halogens is 2. The Balaban J connectivity index is 2.39. The van der Waals surface area contributed by atoms with E-state index in [4.69, 9.17) is 23.2 Å². The molecule has 0 unspecified atom stereocenters. The lowest BCUT2D eigenvalue weighted by Crippen LogP contribution is -2.08. The highest BCUT2D eigenvalue weighted by molar-refractivity contribution is 6.44. The highest BCUT2D eigenvalue weighted by Gasteiger charge is 2.34. The summed E-state index contributed by atoms with van der Waals surface area (Å²) in [5.41, 5.74) is -1.25. The first-order valence-corrected chi connectivity index (χ1v) is 6.65. The number of rotatable bonds is 2. The highest BCUT2D eigenvalue weighted by atomic mass is 35.5. The van der Waals surface area contributed by atoms with Crippen LogP contribution in [0.4, 0.5) is 0 Å². The molecule has 0 radical (unpaired) electrons. The van der Waals surface area contributed by atoms with Crippen LogP contribution in [0.5, 0.6) is 11.8 Å². The van der Waals surface area contributed by atoms with Gasteiger partial charge >= 0.3 is 17.9 Å². The van der Waals surface area contributed by atoms with E-state index < -0.39 is 45.3 Å². The second kappa shape index (κ2) is 4.90. The van der Waals surface area contributed by atoms with Crippen molar-refractivity contribution >= 4 is 41.1 Å². The van der Waals surface area contributed by atoms with Gasteiger partial charge in [-0.15, -0.1) is 0 Å². The van der Waals surface area contributed by atoms with Gasteiger partial charge in [-0.2, -0.15) is 0 Å². The third kappa shape index (κ3) is 2.03. The lowest BCUT2D eigenvalue weighted by atomic mass is 10.0. The number of carboxylic acid groups (broad SMARTS) is 1. The Kier molecular flexibility index (Phi) is 3.24. The number of carboxylic acids is 1. The van der Waals surface area contributed by atoms with Gasteiger partial charge in [-0.05, 0) is 12.1 Å². The van der Waals surface area contributed by atoms with Gasteiger partial charge in [-0.25, -0.2) is 19.0 Å². The maximum Gasteiger partial charge on any atom is 0.346 e. The molecule has 2 heterocycles. The summed E-state index contributed by atoms with van der Waals surface area (Å²) in [7, 11) is 0. The highest BCUT2D eigenvalue weighted by Crippen LogP contribution is 2.44. The van der Waals surface area contributed by atoms with Crippen molar-refractivity contribution in [2.24, 2.45) is 0 Å². The zero-order valence-electron chi connectivity index (χ0n) is 10.8. The molecule has 1 aromatic heterocycles. The predicted octanol–water partition coefficient (Wildman–Crippen LogP) is 2.20. The molecule has 1 aliphatic heterocycles. The summed E-state index contributed by atoms with van der Waals surface area (Å²) in [6.07, 6.45) is 0. The molecule has 0 saturated heterocycles. The van der Waals surface area contributed by atoms with Gasteiger partial charge in [0.25, 0.3) is 0 Å². The molecule has 0 atom stereocenters. The fourth-order valence-corrected chi connectivity index (χ4v) is 2.54. The smallest absolute Gasteiger partial charge is 0.346 e. The van der Waals surface area contributed by atoms with E-state index in [1.807, 2.05) is 0 Å². The second-order valence-corrected chi connectivity index (χ2v) is 5.26. The van der Waals surface area contributed by atoms with Crippen LogP contribution < -0.4 is 0 Å². The number of fused-ring (bicyclic) bond motifs is 1. The number of carbonyl (C=O) groups excluding carboxylic acids is 2. The van der Waals surface area contributed by atoms with E-state index in [2.05, 4.69) is 4.74 Å². The molecule has 2 aromatic rings. The van der Waals surface area contributed by atoms with E-state index >= 15 is 0 Å². The van der Waals surface area contributed by atoms with E-state index in [0.29, 0.717) is 4.57 Å². The third-order valence-corrected chi connectivity index (χ3v) is 4.05. The van der Waals surface area contributed by atoms with Gasteiger partial charge in [-0.3, -0.25) is 0 Å². The van der Waals surface area contributed by atoms with E-state index in [0.717, 1.165) is 12.1 Å². The summed E-state index contributed by atoms with van der Waals surface area (Å²) in [4.78, 5) is 34.5. The lowest BCUT2D eigenvalue weighted by Gasteiger charge is -2.11. The van der Waals surface area contributed by atoms with E-state index in [1.165, 1.54) is 0 Å². The number of hydrogen-bond acceptors (Lipinski definition) is 6. The van der Waals surface area contributed by atoms with E-state index in [-0.39, 0.29) is 16.8 Å². The molecule has 0 amide bonds. The Labute approximate surface area is 137 Å². The predicted molar refractivity (Wildman–Crippen MR) is 75.8 cm³/mol. The van der Waals surface area contributed by atoms with E-state index in [9.17, 15) is 29.7 Å². The number of aromatic carboxylic acids is 1. The number of aromatic nitrogens is 1. The Morgan fingerprint density at radius 3 is 1.96 bits per heavy atom. The van der Waals surface area contributed by atoms with Gasteiger partial charge in [-0.1, -0.05) is 23.2 Å². The Morgan fingerprint density at radius 2 is 1.48 bits per heavy atom. The van der Waals surface area contributed by atoms with Crippen LogP contribution in [0.1, 0.15) is 31.1 Å². The number of benzene rings is 1. The minimum Gasteiger partial charge on any atom is -0.493 e. The van der Waals surface area contributed by atoms with Gasteiger partial charge in [0, 0.05) is 0 Å². The first-order valence-electron chi connectivity index (χ1n) is 5.89. The average molecular weight is 358 g/mol. The van der Waals surface area contributed by atoms with Crippen LogP contribution >= 0.6 is 23.2 Å². The van der Waals surface area contributed by atoms with Crippen molar-refractivity contribution in [2.75, 3.05) is 0 Å². The van der Waals surface area contributed by atoms with Crippen LogP contribution in [0.15, 0.2) is 12.1 Å². The number of carbonyl (C=O) groups is 3. The van der Waals surface area contributed by atoms with E-state index in [1.54, 1.807) is 0 Å². The summed E-state index contributed by atoms with van der Waals surface area (Å²) in [6, 6.07) is 1.89. The summed E-state index contributed by atoms with van der Waals surface area (Å²) in [5, 5.41) is 28.4. The van der Waals surface area contributed by atoms with Crippen molar-refractivity contribution in [2.45, 2.75) is 0 Å². The molecule has 3 N–H and O–H groups in total. The molecular formula is C13H5Cl2NO7. The minimum atomic E-state index is -1.48. The van der Waals surface area contributed by atoms with Crippen molar-refractivity contribution in [3.63, 3.8) is 0 Å². The van der Waals surface area contributed by atoms with Gasteiger partial charge < -0.3 is 20.1 Å². The molecular weight excluding hydrogens is 353 g/mol. The molecule has 0 fully saturated rings. The normalized spacial score (nSPS) is 13.1. The number of aromatic hydroxyl groups is 2. The summed E-state index contributed by atoms with van der Waals surface area (Å²) < 4.78 is 5.03. The van der Waals surface area contributed by atoms with Crippen molar-refractivity contribution in [3.05, 3.63) is 38.9 Å². The summed E-state index contributed by atoms with van der Waals surface area (Å²) in [5.74, 6) is -4.90. The van der Waals surface area contributed by atoms with Crippen molar-refractivity contribution in [1.29, 1.82) is 0 Å². The summed E-state index contributed by atoms with van der Waals surface area (Å²) in [6.45, 7) is 0. The van der Waals surface area contributed by atoms with Crippen LogP contribution in [-0.4, -0.2) is 37.8 Å². The van der Waals surface area contributed by atoms with Crippen LogP contribution in [0.25, 0.3) is 5.69 Å². The molecule has 1 aliphatic rings. The zero-order chi connectivity index (χ0) is 17.0. The standard InChI is InChI=1S/C13H5Cl2NO7/c14-7-8(15)10(18)16(9(7)17)6-2-4-3(1-5(6)11(19)20)12(21)23-13(4)22/h1-2,17-18H,(H,19,20). The first-order chi connectivity index (χ1) is 10.7. The quantitative estimate of drug-likeness (QED) is 0.555. The molecule has 0 bridgehead atoms. The Morgan fingerprint density at radius 1 is 1.00 bits per heavy atom.